The number of ether oxygens (including phenoxy) is 3. The van der Waals surface area contributed by atoms with E-state index in [2.05, 4.69) is 10.2 Å². The number of fused-ring (bicyclic) bond motifs is 3. The molecule has 3 aliphatic heterocycles. The van der Waals surface area contributed by atoms with Gasteiger partial charge in [0.1, 0.15) is 28.0 Å². The number of rotatable bonds is 13. The summed E-state index contributed by atoms with van der Waals surface area (Å²) < 4.78 is 31.5. The van der Waals surface area contributed by atoms with E-state index >= 15 is 0 Å². The van der Waals surface area contributed by atoms with Crippen molar-refractivity contribution in [2.75, 3.05) is 33.9 Å². The number of carbonyl (C=O) groups is 2. The fourth-order valence-corrected chi connectivity index (χ4v) is 7.68. The van der Waals surface area contributed by atoms with E-state index in [0.717, 1.165) is 25.9 Å². The number of halogens is 3. The summed E-state index contributed by atoms with van der Waals surface area (Å²) in [6.07, 6.45) is 4.25. The van der Waals surface area contributed by atoms with Crippen LogP contribution in [0.25, 0.3) is 0 Å². The molecule has 3 aliphatic rings. The Bertz CT molecular complexity index is 1880. The third-order valence-corrected chi connectivity index (χ3v) is 10.5. The molecule has 7 rings (SSSR count). The lowest BCUT2D eigenvalue weighted by molar-refractivity contribution is -0.605. The SMILES string of the molecule is COc1ccc([C@H](Cc2c(Cl)c[n+]([O-])cc2Cl)c2cc(CNC(C(=O)O[C@H]3CN4CCC3CC4)c3ccc(F)cc3)ccc2C(=O)O)cc1OC. The zero-order valence-electron chi connectivity index (χ0n) is 28.1. The van der Waals surface area contributed by atoms with Crippen LogP contribution in [0.4, 0.5) is 4.39 Å². The fourth-order valence-electron chi connectivity index (χ4n) is 7.09. The number of esters is 1. The number of benzene rings is 3. The molecule has 1 unspecified atom stereocenters. The van der Waals surface area contributed by atoms with Crippen LogP contribution in [0.15, 0.2) is 73.1 Å². The molecule has 0 spiro atoms. The van der Waals surface area contributed by atoms with Gasteiger partial charge in [0.15, 0.2) is 23.9 Å². The van der Waals surface area contributed by atoms with Gasteiger partial charge in [0, 0.05) is 24.6 Å². The molecule has 3 aromatic carbocycles. The lowest BCUT2D eigenvalue weighted by atomic mass is 9.82. The zero-order chi connectivity index (χ0) is 36.2. The van der Waals surface area contributed by atoms with E-state index in [1.807, 2.05) is 0 Å². The molecule has 3 saturated heterocycles. The number of methoxy groups -OCH3 is 2. The molecule has 4 heterocycles. The highest BCUT2D eigenvalue weighted by Crippen LogP contribution is 2.39. The van der Waals surface area contributed by atoms with E-state index in [1.165, 1.54) is 44.8 Å². The molecule has 3 atom stereocenters. The van der Waals surface area contributed by atoms with E-state index in [0.29, 0.717) is 56.5 Å². The van der Waals surface area contributed by atoms with Gasteiger partial charge >= 0.3 is 11.9 Å². The highest BCUT2D eigenvalue weighted by Gasteiger charge is 2.38. The summed E-state index contributed by atoms with van der Waals surface area (Å²) in [5.74, 6) is -1.46. The molecule has 3 fully saturated rings. The van der Waals surface area contributed by atoms with Crippen LogP contribution in [0.2, 0.25) is 10.0 Å². The monoisotopic (exact) mass is 737 g/mol. The van der Waals surface area contributed by atoms with Gasteiger partial charge in [0.25, 0.3) is 0 Å². The van der Waals surface area contributed by atoms with Crippen molar-refractivity contribution in [2.24, 2.45) is 5.92 Å². The summed E-state index contributed by atoms with van der Waals surface area (Å²) in [4.78, 5) is 28.7. The molecule has 51 heavy (non-hydrogen) atoms. The summed E-state index contributed by atoms with van der Waals surface area (Å²) >= 11 is 13.0. The summed E-state index contributed by atoms with van der Waals surface area (Å²) in [5.41, 5.74) is 2.82. The van der Waals surface area contributed by atoms with Crippen LogP contribution in [0.1, 0.15) is 63.0 Å². The number of aromatic nitrogens is 1. The standard InChI is InChI=1S/C38H38Cl2FN3O7/c1-49-33-10-6-25(16-34(33)50-2)28(17-30-31(39)19-44(48)20-32(30)40)29-15-22(3-9-27(29)37(45)46)18-42-36(24-4-7-26(41)8-5-24)38(47)51-35-21-43-13-11-23(35)12-14-43/h3-10,15-16,19-20,23,28,35-36,42H,11-14,17-18,21H2,1-2H3,(H,45,46)/t28-,35-,36?/m0/s1. The first-order valence-corrected chi connectivity index (χ1v) is 17.4. The first-order chi connectivity index (χ1) is 24.5. The van der Waals surface area contributed by atoms with Gasteiger partial charge in [-0.25, -0.2) is 14.0 Å². The van der Waals surface area contributed by atoms with Crippen LogP contribution in [0.5, 0.6) is 11.5 Å². The maximum Gasteiger partial charge on any atom is 0.335 e. The van der Waals surface area contributed by atoms with Crippen molar-refractivity contribution in [3.05, 3.63) is 128 Å². The molecule has 1 aromatic heterocycles. The predicted octanol–water partition coefficient (Wildman–Crippen LogP) is 6.32. The maximum absolute atomic E-state index is 13.9. The minimum absolute atomic E-state index is 0.0393. The van der Waals surface area contributed by atoms with Crippen molar-refractivity contribution in [3.63, 3.8) is 0 Å². The van der Waals surface area contributed by atoms with Crippen molar-refractivity contribution >= 4 is 35.1 Å². The smallest absolute Gasteiger partial charge is 0.335 e. The number of carbonyl (C=O) groups excluding carboxylic acids is 1. The number of pyridine rings is 1. The van der Waals surface area contributed by atoms with Gasteiger partial charge in [-0.1, -0.05) is 53.5 Å². The fraction of sp³-hybridized carbons (Fsp3) is 0.342. The molecule has 2 bridgehead atoms. The van der Waals surface area contributed by atoms with E-state index < -0.39 is 29.7 Å². The molecular formula is C38H38Cl2FN3O7. The number of nitrogens with zero attached hydrogens (tertiary/aromatic N) is 2. The number of carboxylic acids is 1. The lowest BCUT2D eigenvalue weighted by Gasteiger charge is -2.44. The molecule has 0 aliphatic carbocycles. The van der Waals surface area contributed by atoms with Crippen molar-refractivity contribution in [3.8, 4) is 11.5 Å². The molecule has 2 N–H and O–H groups in total. The Balaban J connectivity index is 1.35. The normalized spacial score (nSPS) is 19.3. The average Bonchev–Trinajstić information content (AvgIpc) is 3.12. The quantitative estimate of drug-likeness (QED) is 0.0921. The van der Waals surface area contributed by atoms with Crippen molar-refractivity contribution in [1.82, 2.24) is 10.2 Å². The van der Waals surface area contributed by atoms with Crippen LogP contribution >= 0.6 is 23.2 Å². The van der Waals surface area contributed by atoms with Gasteiger partial charge in [-0.05, 0) is 90.9 Å². The Morgan fingerprint density at radius 3 is 2.25 bits per heavy atom. The molecule has 0 radical (unpaired) electrons. The third kappa shape index (κ3) is 8.23. The topological polar surface area (TPSA) is 124 Å². The van der Waals surface area contributed by atoms with Crippen LogP contribution in [-0.4, -0.2) is 61.9 Å². The lowest BCUT2D eigenvalue weighted by Crippen LogP contribution is -2.52. The Morgan fingerprint density at radius 1 is 0.980 bits per heavy atom. The highest BCUT2D eigenvalue weighted by molar-refractivity contribution is 6.35. The van der Waals surface area contributed by atoms with Gasteiger partial charge in [-0.3, -0.25) is 10.2 Å². The van der Waals surface area contributed by atoms with Crippen molar-refractivity contribution in [1.29, 1.82) is 0 Å². The molecular weight excluding hydrogens is 700 g/mol. The second-order valence-corrected chi connectivity index (χ2v) is 13.7. The zero-order valence-corrected chi connectivity index (χ0v) is 29.6. The second-order valence-electron chi connectivity index (χ2n) is 12.9. The summed E-state index contributed by atoms with van der Waals surface area (Å²) in [7, 11) is 3.02. The molecule has 0 saturated carbocycles. The molecule has 13 heteroatoms. The number of nitrogens with one attached hydrogen (secondary N) is 1. The summed E-state index contributed by atoms with van der Waals surface area (Å²) in [6, 6.07) is 15.0. The first-order valence-electron chi connectivity index (χ1n) is 16.6. The van der Waals surface area contributed by atoms with Gasteiger partial charge < -0.3 is 24.5 Å². The van der Waals surface area contributed by atoms with Crippen LogP contribution in [0.3, 0.4) is 0 Å². The van der Waals surface area contributed by atoms with Gasteiger partial charge in [-0.2, -0.15) is 4.73 Å². The van der Waals surface area contributed by atoms with Crippen LogP contribution < -0.4 is 19.5 Å². The Labute approximate surface area is 305 Å². The number of hydrogen-bond donors (Lipinski definition) is 2. The number of hydrogen-bond acceptors (Lipinski definition) is 8. The van der Waals surface area contributed by atoms with Gasteiger partial charge in [0.05, 0.1) is 19.8 Å². The highest BCUT2D eigenvalue weighted by atomic mass is 35.5. The summed E-state index contributed by atoms with van der Waals surface area (Å²) in [6.45, 7) is 2.83. The van der Waals surface area contributed by atoms with Gasteiger partial charge in [0.2, 0.25) is 0 Å². The number of aromatic carboxylic acids is 1. The number of piperidine rings is 3. The Kier molecular flexibility index (Phi) is 11.3. The molecule has 0 amide bonds. The third-order valence-electron chi connectivity index (χ3n) is 9.81. The second kappa shape index (κ2) is 15.9. The Morgan fingerprint density at radius 2 is 1.65 bits per heavy atom. The van der Waals surface area contributed by atoms with E-state index in [1.54, 1.807) is 42.5 Å². The summed E-state index contributed by atoms with van der Waals surface area (Å²) in [5, 5.41) is 26.0. The maximum atomic E-state index is 13.9. The van der Waals surface area contributed by atoms with Crippen molar-refractivity contribution in [2.45, 2.75) is 43.9 Å². The Hall–Kier alpha value is -4.42. The number of carboxylic acid groups (broad SMARTS) is 1. The van der Waals surface area contributed by atoms with Crippen LogP contribution in [0, 0.1) is 16.9 Å². The van der Waals surface area contributed by atoms with Crippen LogP contribution in [-0.2, 0) is 22.5 Å². The van der Waals surface area contributed by atoms with Gasteiger partial charge in [-0.15, -0.1) is 0 Å². The minimum atomic E-state index is -1.15. The first kappa shape index (κ1) is 36.4. The van der Waals surface area contributed by atoms with E-state index in [9.17, 15) is 24.3 Å². The molecule has 4 aromatic rings. The van der Waals surface area contributed by atoms with Crippen molar-refractivity contribution < 1.29 is 38.0 Å². The minimum Gasteiger partial charge on any atom is -0.619 e. The van der Waals surface area contributed by atoms with E-state index in [4.69, 9.17) is 37.4 Å². The molecule has 268 valence electrons. The predicted molar refractivity (Wildman–Crippen MR) is 189 cm³/mol. The largest absolute Gasteiger partial charge is 0.619 e. The van der Waals surface area contributed by atoms with E-state index in [-0.39, 0.29) is 34.7 Å². The average molecular weight is 739 g/mol. The molecule has 10 nitrogen and oxygen atoms in total.